The molecule has 27 heavy (non-hydrogen) atoms. The first-order valence-corrected chi connectivity index (χ1v) is 9.24. The average Bonchev–Trinajstić information content (AvgIpc) is 2.70. The van der Waals surface area contributed by atoms with E-state index in [4.69, 9.17) is 19.5 Å². The van der Waals surface area contributed by atoms with Crippen LogP contribution in [0.15, 0.2) is 48.5 Å². The van der Waals surface area contributed by atoms with E-state index in [0.717, 1.165) is 35.8 Å². The lowest BCUT2D eigenvalue weighted by molar-refractivity contribution is -0.735. The van der Waals surface area contributed by atoms with E-state index in [1.54, 1.807) is 0 Å². The molecule has 0 spiro atoms. The minimum absolute atomic E-state index is 0.284. The van der Waals surface area contributed by atoms with Gasteiger partial charge in [-0.3, -0.25) is 0 Å². The Balaban J connectivity index is 1.49. The summed E-state index contributed by atoms with van der Waals surface area (Å²) in [4.78, 5) is 2.28. The Hall–Kier alpha value is -2.73. The Morgan fingerprint density at radius 1 is 1.22 bits per heavy atom. The second-order valence-corrected chi connectivity index (χ2v) is 6.24. The molecule has 1 heterocycles. The van der Waals surface area contributed by atoms with Crippen molar-refractivity contribution in [2.75, 3.05) is 37.8 Å². The third-order valence-corrected chi connectivity index (χ3v) is 4.41. The monoisotopic (exact) mass is 372 g/mol. The zero-order valence-corrected chi connectivity index (χ0v) is 15.5. The van der Waals surface area contributed by atoms with Gasteiger partial charge >= 0.3 is 6.29 Å². The summed E-state index contributed by atoms with van der Waals surface area (Å²) < 4.78 is 21.2. The topological polar surface area (TPSA) is 62.5 Å². The molecule has 0 saturated heterocycles. The molecule has 0 radical (unpaired) electrons. The second-order valence-electron chi connectivity index (χ2n) is 6.24. The smallest absolute Gasteiger partial charge is 0.403 e. The van der Waals surface area contributed by atoms with Crippen molar-refractivity contribution in [3.05, 3.63) is 54.1 Å². The number of para-hydroxylation sites is 2. The highest BCUT2D eigenvalue weighted by Gasteiger charge is 2.17. The van der Waals surface area contributed by atoms with Gasteiger partial charge < -0.3 is 19.1 Å². The van der Waals surface area contributed by atoms with E-state index in [0.29, 0.717) is 26.2 Å². The summed E-state index contributed by atoms with van der Waals surface area (Å²) in [6, 6.07) is 16.0. The van der Waals surface area contributed by atoms with Crippen molar-refractivity contribution >= 4 is 12.0 Å². The van der Waals surface area contributed by atoms with Gasteiger partial charge in [0.25, 0.3) is 0 Å². The fourth-order valence-electron chi connectivity index (χ4n) is 3.11. The maximum Gasteiger partial charge on any atom is 0.403 e. The Labute approximate surface area is 159 Å². The largest absolute Gasteiger partial charge is 0.492 e. The van der Waals surface area contributed by atoms with Crippen LogP contribution in [0.4, 0.5) is 5.69 Å². The minimum Gasteiger partial charge on any atom is -0.492 e. The molecule has 2 aromatic rings. The number of rotatable bonds is 9. The van der Waals surface area contributed by atoms with Gasteiger partial charge in [-0.2, -0.15) is 5.26 Å². The third kappa shape index (κ3) is 5.37. The normalized spacial score (nSPS) is 14.6. The first kappa shape index (κ1) is 19.0. The average molecular weight is 372 g/mol. The van der Waals surface area contributed by atoms with Crippen LogP contribution in [0.1, 0.15) is 12.5 Å². The van der Waals surface area contributed by atoms with Crippen LogP contribution >= 0.6 is 0 Å². The van der Waals surface area contributed by atoms with Gasteiger partial charge in [0.15, 0.2) is 6.10 Å². The van der Waals surface area contributed by atoms with Crippen molar-refractivity contribution in [3.8, 4) is 11.5 Å². The molecule has 1 unspecified atom stereocenters. The van der Waals surface area contributed by atoms with Crippen LogP contribution in [0.3, 0.4) is 0 Å². The van der Waals surface area contributed by atoms with Gasteiger partial charge in [0.1, 0.15) is 24.7 Å². The second kappa shape index (κ2) is 9.83. The Morgan fingerprint density at radius 2 is 2.04 bits per heavy atom. The first-order chi connectivity index (χ1) is 13.3. The van der Waals surface area contributed by atoms with Gasteiger partial charge in [-0.1, -0.05) is 24.3 Å². The third-order valence-electron chi connectivity index (χ3n) is 4.41. The Kier molecular flexibility index (Phi) is 6.93. The van der Waals surface area contributed by atoms with Crippen molar-refractivity contribution < 1.29 is 24.0 Å². The molecule has 3 rings (SSSR count). The summed E-state index contributed by atoms with van der Waals surface area (Å²) in [6.07, 6.45) is 1.63. The number of hydrogen-bond acceptors (Lipinski definition) is 5. The van der Waals surface area contributed by atoms with E-state index in [1.165, 1.54) is 6.29 Å². The standard InChI is InChI=1S/C21H26NO5/c1-2-24-19(16-27-23)15-17-7-9-18(10-8-17)25-13-11-22-12-14-26-21-6-4-3-5-20(21)22/h3-10,16,19,23H,2,11-15H2,1H3/q+1. The number of ether oxygens (including phenoxy) is 3. The SMILES string of the molecule is CCOC(C=[O+]O)Cc1ccc(OCCN2CCOc3ccccc32)cc1. The predicted octanol–water partition coefficient (Wildman–Crippen LogP) is 3.12. The van der Waals surface area contributed by atoms with Crippen LogP contribution in [-0.2, 0) is 15.7 Å². The highest BCUT2D eigenvalue weighted by molar-refractivity contribution is 5.59. The van der Waals surface area contributed by atoms with Gasteiger partial charge in [0.2, 0.25) is 0 Å². The summed E-state index contributed by atoms with van der Waals surface area (Å²) in [6.45, 7) is 5.42. The molecule has 0 saturated carbocycles. The molecule has 2 aromatic carbocycles. The summed E-state index contributed by atoms with van der Waals surface area (Å²) in [5.41, 5.74) is 2.20. The summed E-state index contributed by atoms with van der Waals surface area (Å²) in [7, 11) is 0. The molecular formula is C21H26NO5+. The number of nitrogens with zero attached hydrogens (tertiary/aromatic N) is 1. The Bertz CT molecular complexity index is 732. The van der Waals surface area contributed by atoms with E-state index in [1.807, 2.05) is 49.4 Å². The molecule has 6 heteroatoms. The molecule has 1 atom stereocenters. The highest BCUT2D eigenvalue weighted by atomic mass is 17.1. The highest BCUT2D eigenvalue weighted by Crippen LogP contribution is 2.30. The number of hydrogen-bond donors (Lipinski definition) is 1. The van der Waals surface area contributed by atoms with Gasteiger partial charge in [-0.15, -0.1) is 0 Å². The molecule has 1 N–H and O–H groups in total. The molecule has 6 nitrogen and oxygen atoms in total. The van der Waals surface area contributed by atoms with E-state index < -0.39 is 0 Å². The molecule has 0 bridgehead atoms. The van der Waals surface area contributed by atoms with Crippen LogP contribution in [0, 0.1) is 0 Å². The van der Waals surface area contributed by atoms with Crippen molar-refractivity contribution in [2.24, 2.45) is 0 Å². The van der Waals surface area contributed by atoms with Gasteiger partial charge in [0.05, 0.1) is 18.8 Å². The van der Waals surface area contributed by atoms with Gasteiger partial charge in [-0.05, 0) is 36.8 Å². The number of anilines is 1. The van der Waals surface area contributed by atoms with Crippen LogP contribution in [0.25, 0.3) is 0 Å². The fraction of sp³-hybridized carbons (Fsp3) is 0.381. The predicted molar refractivity (Wildman–Crippen MR) is 104 cm³/mol. The van der Waals surface area contributed by atoms with Crippen LogP contribution in [0.2, 0.25) is 0 Å². The van der Waals surface area contributed by atoms with E-state index in [-0.39, 0.29) is 6.10 Å². The summed E-state index contributed by atoms with van der Waals surface area (Å²) >= 11 is 0. The molecule has 0 aliphatic carbocycles. The van der Waals surface area contributed by atoms with Crippen LogP contribution in [0.5, 0.6) is 11.5 Å². The van der Waals surface area contributed by atoms with E-state index in [9.17, 15) is 0 Å². The summed E-state index contributed by atoms with van der Waals surface area (Å²) in [5, 5.41) is 8.58. The number of aldehydes is 1. The maximum absolute atomic E-state index is 8.58. The minimum atomic E-state index is -0.284. The van der Waals surface area contributed by atoms with Crippen LogP contribution in [-0.4, -0.2) is 50.6 Å². The van der Waals surface area contributed by atoms with Gasteiger partial charge in [-0.25, -0.2) is 0 Å². The molecule has 1 aliphatic rings. The maximum atomic E-state index is 8.58. The van der Waals surface area contributed by atoms with Crippen molar-refractivity contribution in [3.63, 3.8) is 0 Å². The molecule has 0 fully saturated rings. The zero-order valence-electron chi connectivity index (χ0n) is 15.5. The molecule has 0 amide bonds. The van der Waals surface area contributed by atoms with Crippen molar-refractivity contribution in [1.29, 1.82) is 0 Å². The lowest BCUT2D eigenvalue weighted by Crippen LogP contribution is -2.35. The fourth-order valence-corrected chi connectivity index (χ4v) is 3.11. The lowest BCUT2D eigenvalue weighted by atomic mass is 10.1. The van der Waals surface area contributed by atoms with E-state index >= 15 is 0 Å². The van der Waals surface area contributed by atoms with E-state index in [2.05, 4.69) is 15.5 Å². The lowest BCUT2D eigenvalue weighted by Gasteiger charge is -2.31. The molecule has 1 aliphatic heterocycles. The molecule has 144 valence electrons. The number of carbonyl (C=O) groups excluding carboxylic acids is 1. The summed E-state index contributed by atoms with van der Waals surface area (Å²) in [5.74, 6) is 1.76. The Morgan fingerprint density at radius 3 is 2.81 bits per heavy atom. The van der Waals surface area contributed by atoms with Crippen LogP contribution < -0.4 is 14.4 Å². The van der Waals surface area contributed by atoms with Crippen molar-refractivity contribution in [1.82, 2.24) is 0 Å². The number of benzene rings is 2. The van der Waals surface area contributed by atoms with Gasteiger partial charge in [0, 0.05) is 17.6 Å². The van der Waals surface area contributed by atoms with Crippen molar-refractivity contribution in [2.45, 2.75) is 19.4 Å². The zero-order chi connectivity index (χ0) is 18.9. The first-order valence-electron chi connectivity index (χ1n) is 9.24. The quantitative estimate of drug-likeness (QED) is 0.317. The molecule has 0 aromatic heterocycles. The number of fused-ring (bicyclic) bond motifs is 1. The molecular weight excluding hydrogens is 346 g/mol.